The molecule has 1 aliphatic heterocycles. The van der Waals surface area contributed by atoms with Crippen molar-refractivity contribution in [3.63, 3.8) is 0 Å². The predicted molar refractivity (Wildman–Crippen MR) is 71.4 cm³/mol. The number of methoxy groups -OCH3 is 1. The molecule has 1 aromatic carbocycles. The van der Waals surface area contributed by atoms with E-state index in [1.807, 2.05) is 36.1 Å². The molecule has 0 bridgehead atoms. The Kier molecular flexibility index (Phi) is 4.66. The van der Waals surface area contributed by atoms with Gasteiger partial charge in [0.15, 0.2) is 0 Å². The van der Waals surface area contributed by atoms with Gasteiger partial charge in [0.1, 0.15) is 5.75 Å². The molecule has 1 heterocycles. The minimum Gasteiger partial charge on any atom is -0.860 e. The van der Waals surface area contributed by atoms with Crippen molar-refractivity contribution in [1.29, 1.82) is 0 Å². The summed E-state index contributed by atoms with van der Waals surface area (Å²) in [7, 11) is 1.63. The van der Waals surface area contributed by atoms with Gasteiger partial charge in [-0.25, -0.2) is 0 Å². The van der Waals surface area contributed by atoms with E-state index in [2.05, 4.69) is 20.8 Å². The van der Waals surface area contributed by atoms with E-state index in [0.717, 1.165) is 17.0 Å². The van der Waals surface area contributed by atoms with Crippen LogP contribution in [0.1, 0.15) is 27.7 Å². The fourth-order valence-corrected chi connectivity index (χ4v) is 2.67. The maximum Gasteiger partial charge on any atom is 1.00 e. The number of para-hydroxylation sites is 2. The van der Waals surface area contributed by atoms with Gasteiger partial charge >= 0.3 is 18.9 Å². The SMILES string of the molecule is COc1ccccc1N1C([O-])=C(C)C1C(C)(C)C.[Li+]. The van der Waals surface area contributed by atoms with Gasteiger partial charge in [0.2, 0.25) is 0 Å². The van der Waals surface area contributed by atoms with Crippen molar-refractivity contribution >= 4 is 5.69 Å². The monoisotopic (exact) mass is 253 g/mol. The first-order chi connectivity index (χ1) is 8.38. The molecule has 0 saturated carbocycles. The third kappa shape index (κ3) is 2.63. The Hall–Kier alpha value is -1.04. The molecular formula is C15H20LiNO2. The maximum absolute atomic E-state index is 12.1. The summed E-state index contributed by atoms with van der Waals surface area (Å²) in [6.45, 7) is 8.37. The molecule has 1 aromatic rings. The molecule has 0 N–H and O–H groups in total. The van der Waals surface area contributed by atoms with Gasteiger partial charge in [-0.3, -0.25) is 0 Å². The summed E-state index contributed by atoms with van der Waals surface area (Å²) in [5.74, 6) is 0.840. The fourth-order valence-electron chi connectivity index (χ4n) is 2.67. The first kappa shape index (κ1) is 16.0. The Morgan fingerprint density at radius 3 is 2.32 bits per heavy atom. The standard InChI is InChI=1S/C15H21NO2.Li/c1-10-13(15(2,3)4)16(14(10)17)11-8-6-7-9-12(11)18-5;/h6-9,13,17H,1-5H3;/q;+1/p-1. The van der Waals surface area contributed by atoms with Crippen LogP contribution in [0.25, 0.3) is 0 Å². The number of ether oxygens (including phenoxy) is 1. The Balaban J connectivity index is 0.00000180. The van der Waals surface area contributed by atoms with E-state index in [1.165, 1.54) is 0 Å². The third-order valence-electron chi connectivity index (χ3n) is 3.39. The number of benzene rings is 1. The summed E-state index contributed by atoms with van der Waals surface area (Å²) in [4.78, 5) is 1.84. The molecule has 0 aliphatic carbocycles. The van der Waals surface area contributed by atoms with Crippen LogP contribution in [0.15, 0.2) is 35.7 Å². The first-order valence-corrected chi connectivity index (χ1v) is 6.18. The average Bonchev–Trinajstić information content (AvgIpc) is 2.33. The van der Waals surface area contributed by atoms with E-state index < -0.39 is 0 Å². The van der Waals surface area contributed by atoms with Crippen LogP contribution in [0.4, 0.5) is 5.69 Å². The molecular weight excluding hydrogens is 233 g/mol. The summed E-state index contributed by atoms with van der Waals surface area (Å²) in [5.41, 5.74) is 1.81. The van der Waals surface area contributed by atoms with Crippen molar-refractivity contribution < 1.29 is 28.7 Å². The Morgan fingerprint density at radius 1 is 1.21 bits per heavy atom. The van der Waals surface area contributed by atoms with Gasteiger partial charge in [0.25, 0.3) is 0 Å². The van der Waals surface area contributed by atoms with Gasteiger partial charge in [-0.1, -0.05) is 32.9 Å². The van der Waals surface area contributed by atoms with Crippen molar-refractivity contribution in [2.24, 2.45) is 5.41 Å². The number of anilines is 1. The molecule has 19 heavy (non-hydrogen) atoms. The Morgan fingerprint density at radius 2 is 1.79 bits per heavy atom. The second-order valence-electron chi connectivity index (χ2n) is 5.80. The molecule has 3 nitrogen and oxygen atoms in total. The van der Waals surface area contributed by atoms with E-state index in [-0.39, 0.29) is 36.2 Å². The van der Waals surface area contributed by atoms with E-state index in [0.29, 0.717) is 0 Å². The first-order valence-electron chi connectivity index (χ1n) is 6.18. The van der Waals surface area contributed by atoms with E-state index >= 15 is 0 Å². The zero-order chi connectivity index (χ0) is 13.5. The number of hydrogen-bond acceptors (Lipinski definition) is 3. The Labute approximate surface area is 127 Å². The van der Waals surface area contributed by atoms with Crippen molar-refractivity contribution in [2.75, 3.05) is 12.0 Å². The fraction of sp³-hybridized carbons (Fsp3) is 0.467. The molecule has 0 fully saturated rings. The quantitative estimate of drug-likeness (QED) is 0.668. The van der Waals surface area contributed by atoms with Crippen LogP contribution in [0.3, 0.4) is 0 Å². The zero-order valence-corrected chi connectivity index (χ0v) is 12.7. The van der Waals surface area contributed by atoms with Gasteiger partial charge in [-0.05, 0) is 35.9 Å². The summed E-state index contributed by atoms with van der Waals surface area (Å²) >= 11 is 0. The van der Waals surface area contributed by atoms with E-state index in [1.54, 1.807) is 7.11 Å². The van der Waals surface area contributed by atoms with Crippen LogP contribution in [0.2, 0.25) is 0 Å². The molecule has 98 valence electrons. The van der Waals surface area contributed by atoms with Crippen molar-refractivity contribution in [1.82, 2.24) is 0 Å². The van der Waals surface area contributed by atoms with Gasteiger partial charge in [0, 0.05) is 0 Å². The van der Waals surface area contributed by atoms with Crippen LogP contribution in [0.5, 0.6) is 5.75 Å². The second-order valence-corrected chi connectivity index (χ2v) is 5.80. The zero-order valence-electron chi connectivity index (χ0n) is 12.7. The van der Waals surface area contributed by atoms with Gasteiger partial charge in [0.05, 0.1) is 18.8 Å². The second kappa shape index (κ2) is 5.52. The van der Waals surface area contributed by atoms with Crippen molar-refractivity contribution in [2.45, 2.75) is 33.7 Å². The van der Waals surface area contributed by atoms with Gasteiger partial charge in [-0.15, -0.1) is 0 Å². The van der Waals surface area contributed by atoms with Crippen molar-refractivity contribution in [3.05, 3.63) is 35.7 Å². The largest absolute Gasteiger partial charge is 1.00 e. The third-order valence-corrected chi connectivity index (χ3v) is 3.39. The molecule has 0 spiro atoms. The molecule has 4 heteroatoms. The molecule has 2 rings (SSSR count). The molecule has 1 aliphatic rings. The minimum atomic E-state index is 0. The molecule has 0 aromatic heterocycles. The molecule has 0 amide bonds. The van der Waals surface area contributed by atoms with Gasteiger partial charge < -0.3 is 14.7 Å². The molecule has 0 saturated heterocycles. The van der Waals surface area contributed by atoms with Crippen LogP contribution in [0, 0.1) is 5.41 Å². The van der Waals surface area contributed by atoms with E-state index in [9.17, 15) is 5.11 Å². The average molecular weight is 253 g/mol. The van der Waals surface area contributed by atoms with Crippen LogP contribution in [-0.4, -0.2) is 13.2 Å². The van der Waals surface area contributed by atoms with Crippen molar-refractivity contribution in [3.8, 4) is 5.75 Å². The predicted octanol–water partition coefficient (Wildman–Crippen LogP) is -0.474. The number of nitrogens with zero attached hydrogens (tertiary/aromatic N) is 1. The minimum absolute atomic E-state index is 0. The van der Waals surface area contributed by atoms with Gasteiger partial charge in [-0.2, -0.15) is 0 Å². The number of rotatable bonds is 2. The summed E-state index contributed by atoms with van der Waals surface area (Å²) in [6, 6.07) is 7.80. The topological polar surface area (TPSA) is 35.5 Å². The smallest absolute Gasteiger partial charge is 0.860 e. The van der Waals surface area contributed by atoms with Crippen LogP contribution in [-0.2, 0) is 0 Å². The normalized spacial score (nSPS) is 18.8. The van der Waals surface area contributed by atoms with Crippen LogP contribution < -0.4 is 33.6 Å². The molecule has 0 radical (unpaired) electrons. The molecule has 1 unspecified atom stereocenters. The summed E-state index contributed by atoms with van der Waals surface area (Å²) < 4.78 is 5.34. The Bertz CT molecular complexity index is 491. The summed E-state index contributed by atoms with van der Waals surface area (Å²) in [5, 5.41) is 12.1. The van der Waals surface area contributed by atoms with Crippen LogP contribution >= 0.6 is 0 Å². The van der Waals surface area contributed by atoms with E-state index in [4.69, 9.17) is 4.74 Å². The molecule has 1 atom stereocenters. The maximum atomic E-state index is 12.1. The summed E-state index contributed by atoms with van der Waals surface area (Å²) in [6.07, 6.45) is 0. The number of hydrogen-bond donors (Lipinski definition) is 0.